The number of para-hydroxylation sites is 2. The van der Waals surface area contributed by atoms with E-state index in [0.29, 0.717) is 0 Å². The molecule has 80 valence electrons. The van der Waals surface area contributed by atoms with Gasteiger partial charge in [0.05, 0.1) is 4.92 Å². The van der Waals surface area contributed by atoms with Crippen molar-refractivity contribution in [2.24, 2.45) is 0 Å². The maximum Gasteiger partial charge on any atom is 0.292 e. The Morgan fingerprint density at radius 1 is 1.47 bits per heavy atom. The van der Waals surface area contributed by atoms with Gasteiger partial charge in [0.2, 0.25) is 5.91 Å². The van der Waals surface area contributed by atoms with E-state index in [0.717, 1.165) is 0 Å². The Bertz CT molecular complexity index is 381. The van der Waals surface area contributed by atoms with Gasteiger partial charge in [0.25, 0.3) is 5.69 Å². The molecule has 1 aromatic rings. The highest BCUT2D eigenvalue weighted by Crippen LogP contribution is 2.23. The molecular formula is C9H9ClN2O3. The molecule has 0 aromatic heterocycles. The van der Waals surface area contributed by atoms with Crippen LogP contribution in [0.4, 0.5) is 11.4 Å². The Labute approximate surface area is 91.2 Å². The van der Waals surface area contributed by atoms with Crippen molar-refractivity contribution < 1.29 is 9.72 Å². The molecule has 0 spiro atoms. The van der Waals surface area contributed by atoms with Gasteiger partial charge in [0.15, 0.2) is 0 Å². The Kier molecular flexibility index (Phi) is 4.05. The Hall–Kier alpha value is -1.62. The fourth-order valence-electron chi connectivity index (χ4n) is 1.04. The molecular weight excluding hydrogens is 220 g/mol. The zero-order valence-corrected chi connectivity index (χ0v) is 8.53. The molecule has 0 unspecified atom stereocenters. The molecule has 0 atom stereocenters. The molecule has 0 aliphatic carbocycles. The van der Waals surface area contributed by atoms with Crippen LogP contribution in [0, 0.1) is 10.1 Å². The number of nitrogens with one attached hydrogen (secondary N) is 1. The minimum atomic E-state index is -0.545. The number of anilines is 1. The number of amides is 1. The summed E-state index contributed by atoms with van der Waals surface area (Å²) < 4.78 is 0. The Balaban J connectivity index is 2.84. The molecule has 0 saturated carbocycles. The lowest BCUT2D eigenvalue weighted by Crippen LogP contribution is -2.12. The van der Waals surface area contributed by atoms with E-state index in [1.807, 2.05) is 0 Å². The zero-order valence-electron chi connectivity index (χ0n) is 7.77. The number of hydrogen-bond donors (Lipinski definition) is 1. The van der Waals surface area contributed by atoms with E-state index in [2.05, 4.69) is 5.32 Å². The highest BCUT2D eigenvalue weighted by Gasteiger charge is 2.13. The van der Waals surface area contributed by atoms with Crippen LogP contribution in [0.5, 0.6) is 0 Å². The topological polar surface area (TPSA) is 72.2 Å². The van der Waals surface area contributed by atoms with Gasteiger partial charge in [0.1, 0.15) is 5.69 Å². The number of nitro groups is 1. The van der Waals surface area contributed by atoms with E-state index < -0.39 is 4.92 Å². The van der Waals surface area contributed by atoms with Crippen LogP contribution in [0.3, 0.4) is 0 Å². The second kappa shape index (κ2) is 5.31. The van der Waals surface area contributed by atoms with Crippen molar-refractivity contribution in [2.75, 3.05) is 11.2 Å². The van der Waals surface area contributed by atoms with Gasteiger partial charge in [-0.25, -0.2) is 0 Å². The van der Waals surface area contributed by atoms with Gasteiger partial charge in [-0.2, -0.15) is 0 Å². The first-order valence-corrected chi connectivity index (χ1v) is 4.78. The van der Waals surface area contributed by atoms with Crippen LogP contribution >= 0.6 is 11.6 Å². The number of halogens is 1. The molecule has 0 fully saturated rings. The number of nitrogens with zero attached hydrogens (tertiary/aromatic N) is 1. The van der Waals surface area contributed by atoms with E-state index in [-0.39, 0.29) is 29.6 Å². The van der Waals surface area contributed by atoms with Gasteiger partial charge < -0.3 is 5.32 Å². The van der Waals surface area contributed by atoms with Crippen molar-refractivity contribution in [3.05, 3.63) is 34.4 Å². The number of hydrogen-bond acceptors (Lipinski definition) is 3. The first kappa shape index (κ1) is 11.5. The number of carbonyl (C=O) groups is 1. The van der Waals surface area contributed by atoms with Crippen LogP contribution in [0.15, 0.2) is 24.3 Å². The number of alkyl halides is 1. The third-order valence-corrected chi connectivity index (χ3v) is 1.89. The third kappa shape index (κ3) is 3.21. The standard InChI is InChI=1S/C9H9ClN2O3/c10-6-5-9(13)11-7-3-1-2-4-8(7)12(14)15/h1-4H,5-6H2,(H,11,13). The molecule has 1 N–H and O–H groups in total. The van der Waals surface area contributed by atoms with Crippen molar-refractivity contribution in [1.82, 2.24) is 0 Å². The SMILES string of the molecule is O=C(CCCl)Nc1ccccc1[N+](=O)[O-]. The van der Waals surface area contributed by atoms with Crippen molar-refractivity contribution in [3.8, 4) is 0 Å². The third-order valence-electron chi connectivity index (χ3n) is 1.70. The Morgan fingerprint density at radius 2 is 2.13 bits per heavy atom. The van der Waals surface area contributed by atoms with Crippen molar-refractivity contribution in [1.29, 1.82) is 0 Å². The van der Waals surface area contributed by atoms with Gasteiger partial charge in [-0.15, -0.1) is 11.6 Å². The highest BCUT2D eigenvalue weighted by atomic mass is 35.5. The highest BCUT2D eigenvalue weighted by molar-refractivity contribution is 6.19. The molecule has 0 aliphatic heterocycles. The van der Waals surface area contributed by atoms with Crippen molar-refractivity contribution in [2.45, 2.75) is 6.42 Å². The van der Waals surface area contributed by atoms with Crippen LogP contribution in [0.2, 0.25) is 0 Å². The van der Waals surface area contributed by atoms with Gasteiger partial charge in [-0.1, -0.05) is 12.1 Å². The average molecular weight is 229 g/mol. The summed E-state index contributed by atoms with van der Waals surface area (Å²) >= 11 is 5.37. The maximum atomic E-state index is 11.2. The van der Waals surface area contributed by atoms with Gasteiger partial charge in [0, 0.05) is 18.4 Å². The fraction of sp³-hybridized carbons (Fsp3) is 0.222. The number of carbonyl (C=O) groups excluding carboxylic acids is 1. The largest absolute Gasteiger partial charge is 0.320 e. The van der Waals surface area contributed by atoms with Crippen LogP contribution in [0.25, 0.3) is 0 Å². The van der Waals surface area contributed by atoms with Crippen LogP contribution < -0.4 is 5.32 Å². The van der Waals surface area contributed by atoms with Gasteiger partial charge in [-0.3, -0.25) is 14.9 Å². The number of nitro benzene ring substituents is 1. The second-order valence-corrected chi connectivity index (χ2v) is 3.14. The summed E-state index contributed by atoms with van der Waals surface area (Å²) in [6.45, 7) is 0. The molecule has 0 saturated heterocycles. The second-order valence-electron chi connectivity index (χ2n) is 2.76. The summed E-state index contributed by atoms with van der Waals surface area (Å²) in [5.74, 6) is -0.147. The van der Waals surface area contributed by atoms with Crippen LogP contribution in [-0.4, -0.2) is 16.7 Å². The van der Waals surface area contributed by atoms with E-state index in [4.69, 9.17) is 11.6 Å². The Morgan fingerprint density at radius 3 is 2.73 bits per heavy atom. The predicted molar refractivity (Wildman–Crippen MR) is 57.1 cm³/mol. The predicted octanol–water partition coefficient (Wildman–Crippen LogP) is 2.16. The molecule has 1 rings (SSSR count). The molecule has 0 aliphatic rings. The minimum absolute atomic E-state index is 0.125. The van der Waals surface area contributed by atoms with Crippen molar-refractivity contribution in [3.63, 3.8) is 0 Å². The smallest absolute Gasteiger partial charge is 0.292 e. The van der Waals surface area contributed by atoms with Gasteiger partial charge >= 0.3 is 0 Å². The maximum absolute atomic E-state index is 11.2. The number of benzene rings is 1. The molecule has 6 heteroatoms. The fourth-order valence-corrected chi connectivity index (χ4v) is 1.21. The molecule has 1 amide bonds. The zero-order chi connectivity index (χ0) is 11.3. The summed E-state index contributed by atoms with van der Waals surface area (Å²) in [5.41, 5.74) is 0.0676. The summed E-state index contributed by atoms with van der Waals surface area (Å²) in [6.07, 6.45) is 0.133. The molecule has 1 aromatic carbocycles. The van der Waals surface area contributed by atoms with Crippen LogP contribution in [0.1, 0.15) is 6.42 Å². The van der Waals surface area contributed by atoms with E-state index in [9.17, 15) is 14.9 Å². The average Bonchev–Trinajstić information content (AvgIpc) is 2.18. The first-order chi connectivity index (χ1) is 7.15. The van der Waals surface area contributed by atoms with E-state index >= 15 is 0 Å². The lowest BCUT2D eigenvalue weighted by Gasteiger charge is -2.03. The quantitative estimate of drug-likeness (QED) is 0.488. The van der Waals surface area contributed by atoms with E-state index in [1.165, 1.54) is 18.2 Å². The molecule has 0 bridgehead atoms. The molecule has 0 heterocycles. The van der Waals surface area contributed by atoms with Gasteiger partial charge in [-0.05, 0) is 6.07 Å². The van der Waals surface area contributed by atoms with E-state index in [1.54, 1.807) is 6.07 Å². The monoisotopic (exact) mass is 228 g/mol. The van der Waals surface area contributed by atoms with Crippen molar-refractivity contribution >= 4 is 28.9 Å². The van der Waals surface area contributed by atoms with Crippen LogP contribution in [-0.2, 0) is 4.79 Å². The summed E-state index contributed by atoms with van der Waals surface area (Å²) in [5, 5.41) is 13.0. The normalized spacial score (nSPS) is 9.67. The number of rotatable bonds is 4. The summed E-state index contributed by atoms with van der Waals surface area (Å²) in [7, 11) is 0. The lowest BCUT2D eigenvalue weighted by atomic mass is 10.2. The first-order valence-electron chi connectivity index (χ1n) is 4.24. The lowest BCUT2D eigenvalue weighted by molar-refractivity contribution is -0.383. The summed E-state index contributed by atoms with van der Waals surface area (Å²) in [4.78, 5) is 21.2. The molecule has 0 radical (unpaired) electrons. The molecule has 15 heavy (non-hydrogen) atoms. The molecule has 5 nitrogen and oxygen atoms in total. The summed E-state index contributed by atoms with van der Waals surface area (Å²) in [6, 6.07) is 5.96. The minimum Gasteiger partial charge on any atom is -0.320 e.